The zero-order valence-electron chi connectivity index (χ0n) is 23.6. The van der Waals surface area contributed by atoms with Gasteiger partial charge >= 0.3 is 0 Å². The average molecular weight is 527 g/mol. The Kier molecular flexibility index (Phi) is 10.1. The number of carbonyl (C=O) groups excluding carboxylic acids is 1. The van der Waals surface area contributed by atoms with Crippen LogP contribution in [-0.2, 0) is 39.1 Å². The molecule has 7 nitrogen and oxygen atoms in total. The molecule has 4 atom stereocenters. The van der Waals surface area contributed by atoms with Crippen molar-refractivity contribution >= 4 is 17.1 Å². The predicted octanol–water partition coefficient (Wildman–Crippen LogP) is 4.61. The van der Waals surface area contributed by atoms with Crippen LogP contribution in [0, 0.1) is 0 Å². The second-order valence-corrected chi connectivity index (χ2v) is 14.5. The van der Waals surface area contributed by atoms with Crippen molar-refractivity contribution in [3.63, 3.8) is 0 Å². The fraction of sp³-hybridized carbons (Fsp3) is 0.821. The van der Waals surface area contributed by atoms with E-state index in [9.17, 15) is 4.79 Å². The van der Waals surface area contributed by atoms with Gasteiger partial charge in [-0.3, -0.25) is 4.79 Å². The van der Waals surface area contributed by atoms with E-state index in [2.05, 4.69) is 71.3 Å². The molecule has 3 aliphatic rings. The first-order valence-corrected chi connectivity index (χ1v) is 14.8. The van der Waals surface area contributed by atoms with Gasteiger partial charge in [0.1, 0.15) is 23.5 Å². The molecule has 0 aromatic heterocycles. The molecule has 1 amide bonds. The first kappa shape index (κ1) is 29.7. The normalized spacial score (nSPS) is 32.4. The molecule has 3 saturated heterocycles. The van der Waals surface area contributed by atoms with Crippen molar-refractivity contribution in [2.45, 2.75) is 121 Å². The Bertz CT molecular complexity index is 786. The lowest BCUT2D eigenvalue weighted by Crippen LogP contribution is -2.47. The van der Waals surface area contributed by atoms with E-state index in [1.807, 2.05) is 6.92 Å². The number of amides is 1. The Hall–Kier alpha value is -0.900. The summed E-state index contributed by atoms with van der Waals surface area (Å²) in [5.74, 6) is 0.0141. The molecule has 0 radical (unpaired) electrons. The summed E-state index contributed by atoms with van der Waals surface area (Å²) >= 11 is -0.147. The molecular formula is C28H48NO6S+. The van der Waals surface area contributed by atoms with E-state index in [-0.39, 0.29) is 57.6 Å². The van der Waals surface area contributed by atoms with Gasteiger partial charge in [-0.2, -0.15) is 4.18 Å². The lowest BCUT2D eigenvalue weighted by Gasteiger charge is -2.38. The molecule has 1 N–H and O–H groups in total. The third kappa shape index (κ3) is 9.76. The molecule has 0 aromatic carbocycles. The Morgan fingerprint density at radius 3 is 2.53 bits per heavy atom. The zero-order valence-corrected chi connectivity index (χ0v) is 24.4. The molecule has 3 aliphatic heterocycles. The molecule has 206 valence electrons. The van der Waals surface area contributed by atoms with Crippen molar-refractivity contribution in [2.24, 2.45) is 0 Å². The molecule has 36 heavy (non-hydrogen) atoms. The van der Waals surface area contributed by atoms with Crippen LogP contribution in [0.1, 0.15) is 80.6 Å². The molecule has 8 heteroatoms. The largest absolute Gasteiger partial charge is 0.369 e. The van der Waals surface area contributed by atoms with Crippen LogP contribution in [0.15, 0.2) is 23.8 Å². The maximum absolute atomic E-state index is 12.4. The van der Waals surface area contributed by atoms with Gasteiger partial charge in [-0.25, -0.2) is 0 Å². The molecule has 0 aliphatic carbocycles. The number of rotatable bonds is 10. The highest BCUT2D eigenvalue weighted by atomic mass is 32.2. The van der Waals surface area contributed by atoms with Gasteiger partial charge in [0.2, 0.25) is 5.91 Å². The number of hydrogen-bond donors (Lipinski definition) is 1. The van der Waals surface area contributed by atoms with Gasteiger partial charge < -0.3 is 24.3 Å². The van der Waals surface area contributed by atoms with Crippen LogP contribution in [0.3, 0.4) is 0 Å². The Labute approximate surface area is 221 Å². The molecular weight excluding hydrogens is 478 g/mol. The first-order valence-electron chi connectivity index (χ1n) is 13.3. The van der Waals surface area contributed by atoms with E-state index in [0.717, 1.165) is 25.0 Å². The molecule has 3 heterocycles. The first-order chi connectivity index (χ1) is 16.8. The standard InChI is InChI=1S/C28H47NO6S/c1-20(9-12-23-15-28(19-33-28)18-27(6,7)34-23)10-14-25-31-16-22(17-32-25)29-24(30)13-11-21(2)35-36(8)26(3,4)5/h9-10,12,21-23,25H,11,13-19H2,1-8H3/p+1/b12-9+,20-10+/t21-,22?,23+,25?,28+,36?/m0/s1. The van der Waals surface area contributed by atoms with Crippen molar-refractivity contribution in [1.82, 2.24) is 5.32 Å². The third-order valence-corrected chi connectivity index (χ3v) is 9.17. The van der Waals surface area contributed by atoms with Gasteiger partial charge in [-0.1, -0.05) is 23.8 Å². The van der Waals surface area contributed by atoms with Crippen molar-refractivity contribution in [1.29, 1.82) is 0 Å². The van der Waals surface area contributed by atoms with Crippen molar-refractivity contribution in [3.05, 3.63) is 23.8 Å². The quantitative estimate of drug-likeness (QED) is 0.254. The summed E-state index contributed by atoms with van der Waals surface area (Å²) in [6.07, 6.45) is 12.0. The molecule has 0 bridgehead atoms. The van der Waals surface area contributed by atoms with E-state index >= 15 is 0 Å². The Morgan fingerprint density at radius 1 is 1.25 bits per heavy atom. The molecule has 1 unspecified atom stereocenters. The molecule has 1 spiro atoms. The monoisotopic (exact) mass is 526 g/mol. The lowest BCUT2D eigenvalue weighted by atomic mass is 9.85. The van der Waals surface area contributed by atoms with E-state index < -0.39 is 0 Å². The highest BCUT2D eigenvalue weighted by Crippen LogP contribution is 2.46. The van der Waals surface area contributed by atoms with E-state index in [1.54, 1.807) is 0 Å². The van der Waals surface area contributed by atoms with Gasteiger partial charge in [0.25, 0.3) is 0 Å². The average Bonchev–Trinajstić information content (AvgIpc) is 3.51. The minimum absolute atomic E-state index is 0.0141. The second-order valence-electron chi connectivity index (χ2n) is 12.2. The highest BCUT2D eigenvalue weighted by molar-refractivity contribution is 7.93. The number of epoxide rings is 1. The van der Waals surface area contributed by atoms with Gasteiger partial charge in [0, 0.05) is 25.7 Å². The summed E-state index contributed by atoms with van der Waals surface area (Å²) in [4.78, 5) is 12.4. The molecule has 0 aromatic rings. The van der Waals surface area contributed by atoms with E-state index in [1.165, 1.54) is 0 Å². The van der Waals surface area contributed by atoms with Crippen molar-refractivity contribution in [2.75, 3.05) is 26.1 Å². The summed E-state index contributed by atoms with van der Waals surface area (Å²) < 4.78 is 29.8. The predicted molar refractivity (Wildman–Crippen MR) is 145 cm³/mol. The number of nitrogens with one attached hydrogen (secondary N) is 1. The molecule has 0 saturated carbocycles. The van der Waals surface area contributed by atoms with Crippen LogP contribution in [0.5, 0.6) is 0 Å². The van der Waals surface area contributed by atoms with E-state index in [0.29, 0.717) is 32.5 Å². The number of hydrogen-bond acceptors (Lipinski definition) is 6. The number of ether oxygens (including phenoxy) is 4. The van der Waals surface area contributed by atoms with Gasteiger partial charge in [-0.15, -0.1) is 0 Å². The minimum atomic E-state index is -0.289. The second kappa shape index (κ2) is 12.3. The maximum atomic E-state index is 12.4. The fourth-order valence-electron chi connectivity index (χ4n) is 4.58. The topological polar surface area (TPSA) is 78.5 Å². The Balaban J connectivity index is 1.32. The van der Waals surface area contributed by atoms with Crippen LogP contribution >= 0.6 is 0 Å². The number of allylic oxidation sites excluding steroid dienone is 2. The van der Waals surface area contributed by atoms with Crippen LogP contribution in [0.2, 0.25) is 0 Å². The van der Waals surface area contributed by atoms with Crippen molar-refractivity contribution in [3.8, 4) is 0 Å². The lowest BCUT2D eigenvalue weighted by molar-refractivity contribution is -0.188. The highest BCUT2D eigenvalue weighted by Gasteiger charge is 2.53. The molecule has 3 fully saturated rings. The van der Waals surface area contributed by atoms with Crippen molar-refractivity contribution < 1.29 is 27.9 Å². The van der Waals surface area contributed by atoms with Gasteiger partial charge in [0.15, 0.2) is 11.0 Å². The van der Waals surface area contributed by atoms with Gasteiger partial charge in [-0.05, 0) is 54.9 Å². The maximum Gasteiger partial charge on any atom is 0.220 e. The summed E-state index contributed by atoms with van der Waals surface area (Å²) in [5, 5.41) is 3.03. The summed E-state index contributed by atoms with van der Waals surface area (Å²) in [7, 11) is 0. The Morgan fingerprint density at radius 2 is 1.92 bits per heavy atom. The van der Waals surface area contributed by atoms with Gasteiger partial charge in [0.05, 0.1) is 43.2 Å². The minimum Gasteiger partial charge on any atom is -0.369 e. The fourth-order valence-corrected chi connectivity index (χ4v) is 5.46. The smallest absolute Gasteiger partial charge is 0.220 e. The van der Waals surface area contributed by atoms with Crippen LogP contribution in [0.4, 0.5) is 0 Å². The third-order valence-electron chi connectivity index (χ3n) is 6.83. The summed E-state index contributed by atoms with van der Waals surface area (Å²) in [5.41, 5.74) is 1.02. The van der Waals surface area contributed by atoms with Crippen LogP contribution in [0.25, 0.3) is 0 Å². The van der Waals surface area contributed by atoms with Crippen LogP contribution in [-0.4, -0.2) is 72.5 Å². The zero-order chi connectivity index (χ0) is 26.6. The number of carbonyl (C=O) groups is 1. The summed E-state index contributed by atoms with van der Waals surface area (Å²) in [6, 6.07) is -0.117. The van der Waals surface area contributed by atoms with E-state index in [4.69, 9.17) is 23.1 Å². The SMILES string of the molecule is CC(/C=C/[C@@H]1C[C@]2(CO2)CC(C)(C)O1)=C\CC1OCC(NC(=O)CC[C@H](C)O[S+](C)C(C)(C)C)CO1. The molecule has 3 rings (SSSR count). The van der Waals surface area contributed by atoms with Crippen LogP contribution < -0.4 is 5.32 Å². The summed E-state index contributed by atoms with van der Waals surface area (Å²) in [6.45, 7) is 16.7.